The molecule has 1 saturated heterocycles. The van der Waals surface area contributed by atoms with E-state index in [4.69, 9.17) is 0 Å². The molecule has 0 radical (unpaired) electrons. The molecular formula is C16H24N6OS. The fraction of sp³-hybridized carbons (Fsp3) is 0.500. The Morgan fingerprint density at radius 2 is 2.17 bits per heavy atom. The number of nitrogens with zero attached hydrogens (tertiary/aromatic N) is 3. The molecule has 2 aromatic rings. The summed E-state index contributed by atoms with van der Waals surface area (Å²) in [6, 6.07) is 6.15. The minimum Gasteiger partial charge on any atom is -0.336 e. The summed E-state index contributed by atoms with van der Waals surface area (Å²) in [6.45, 7) is 5.23. The highest BCUT2D eigenvalue weighted by molar-refractivity contribution is 7.10. The summed E-state index contributed by atoms with van der Waals surface area (Å²) in [5, 5.41) is 14.7. The number of H-pyrrole nitrogens is 1. The molecule has 1 aliphatic heterocycles. The third kappa shape index (κ3) is 4.56. The molecule has 0 bridgehead atoms. The Labute approximate surface area is 146 Å². The topological polar surface area (TPSA) is 76.3 Å². The predicted molar refractivity (Wildman–Crippen MR) is 95.0 cm³/mol. The first-order valence-electron chi connectivity index (χ1n) is 8.18. The highest BCUT2D eigenvalue weighted by atomic mass is 32.1. The molecule has 7 nitrogen and oxygen atoms in total. The lowest BCUT2D eigenvalue weighted by atomic mass is 10.1. The number of urea groups is 1. The van der Waals surface area contributed by atoms with Gasteiger partial charge in [0.15, 0.2) is 0 Å². The lowest BCUT2D eigenvalue weighted by molar-refractivity contribution is 0.112. The van der Waals surface area contributed by atoms with E-state index in [9.17, 15) is 4.79 Å². The van der Waals surface area contributed by atoms with E-state index in [1.807, 2.05) is 6.07 Å². The number of thiophene rings is 1. The first kappa shape index (κ1) is 16.9. The van der Waals surface area contributed by atoms with Crippen molar-refractivity contribution in [2.45, 2.75) is 12.6 Å². The maximum atomic E-state index is 12.1. The molecule has 0 saturated carbocycles. The number of piperazine rings is 1. The second kappa shape index (κ2) is 8.27. The second-order valence-corrected chi connectivity index (χ2v) is 7.00. The van der Waals surface area contributed by atoms with Gasteiger partial charge in [0.25, 0.3) is 0 Å². The van der Waals surface area contributed by atoms with Gasteiger partial charge in [0.1, 0.15) is 0 Å². The minimum atomic E-state index is -0.153. The molecule has 2 aromatic heterocycles. The fourth-order valence-electron chi connectivity index (χ4n) is 2.83. The summed E-state index contributed by atoms with van der Waals surface area (Å²) in [5.41, 5.74) is 0.888. The van der Waals surface area contributed by atoms with Gasteiger partial charge in [-0.3, -0.25) is 10.00 Å². The number of nitrogens with one attached hydrogen (secondary N) is 3. The van der Waals surface area contributed by atoms with Crippen LogP contribution in [0.2, 0.25) is 0 Å². The molecule has 1 atom stereocenters. The fourth-order valence-corrected chi connectivity index (χ4v) is 3.70. The van der Waals surface area contributed by atoms with Gasteiger partial charge in [-0.25, -0.2) is 4.79 Å². The van der Waals surface area contributed by atoms with Gasteiger partial charge in [-0.1, -0.05) is 6.07 Å². The molecule has 0 unspecified atom stereocenters. The van der Waals surface area contributed by atoms with E-state index in [0.717, 1.165) is 31.9 Å². The summed E-state index contributed by atoms with van der Waals surface area (Å²) in [4.78, 5) is 18.2. The van der Waals surface area contributed by atoms with E-state index in [1.165, 1.54) is 4.88 Å². The average molecular weight is 348 g/mol. The molecule has 3 heterocycles. The second-order valence-electron chi connectivity index (χ2n) is 6.02. The number of hydrogen-bond acceptors (Lipinski definition) is 5. The summed E-state index contributed by atoms with van der Waals surface area (Å²) in [6.07, 6.45) is 1.68. The molecule has 3 N–H and O–H groups in total. The molecule has 24 heavy (non-hydrogen) atoms. The summed E-state index contributed by atoms with van der Waals surface area (Å²) < 4.78 is 0. The zero-order chi connectivity index (χ0) is 16.8. The van der Waals surface area contributed by atoms with Gasteiger partial charge in [0.05, 0.1) is 18.3 Å². The number of rotatable bonds is 6. The summed E-state index contributed by atoms with van der Waals surface area (Å²) in [7, 11) is 2.15. The van der Waals surface area contributed by atoms with Crippen LogP contribution in [0.1, 0.15) is 16.6 Å². The number of amides is 2. The van der Waals surface area contributed by atoms with Crippen LogP contribution in [0.3, 0.4) is 0 Å². The van der Waals surface area contributed by atoms with Crippen LogP contribution >= 0.6 is 11.3 Å². The monoisotopic (exact) mass is 348 g/mol. The van der Waals surface area contributed by atoms with Crippen LogP contribution in [0.5, 0.6) is 0 Å². The maximum absolute atomic E-state index is 12.1. The lowest BCUT2D eigenvalue weighted by Crippen LogP contribution is -2.49. The van der Waals surface area contributed by atoms with E-state index in [2.05, 4.69) is 55.2 Å². The molecule has 0 spiro atoms. The largest absolute Gasteiger partial charge is 0.336 e. The SMILES string of the molecule is CN1CCN([C@@H](CNC(=O)NCc2ccn[nH]2)c2cccs2)CC1. The first-order valence-corrected chi connectivity index (χ1v) is 9.06. The first-order chi connectivity index (χ1) is 11.7. The summed E-state index contributed by atoms with van der Waals surface area (Å²) in [5.74, 6) is 0. The Bertz CT molecular complexity index is 607. The lowest BCUT2D eigenvalue weighted by Gasteiger charge is -2.37. The van der Waals surface area contributed by atoms with Crippen molar-refractivity contribution in [1.82, 2.24) is 30.6 Å². The molecule has 1 aliphatic rings. The molecule has 2 amide bonds. The Kier molecular flexibility index (Phi) is 5.84. The highest BCUT2D eigenvalue weighted by Gasteiger charge is 2.25. The van der Waals surface area contributed by atoms with Crippen molar-refractivity contribution < 1.29 is 4.79 Å². The Morgan fingerprint density at radius 3 is 2.83 bits per heavy atom. The van der Waals surface area contributed by atoms with Crippen molar-refractivity contribution in [2.75, 3.05) is 39.8 Å². The van der Waals surface area contributed by atoms with E-state index >= 15 is 0 Å². The number of likely N-dealkylation sites (N-methyl/N-ethyl adjacent to an activating group) is 1. The van der Waals surface area contributed by atoms with Gasteiger partial charge in [-0.05, 0) is 24.6 Å². The average Bonchev–Trinajstić information content (AvgIpc) is 3.28. The Hall–Kier alpha value is -1.90. The normalized spacial score (nSPS) is 17.5. The van der Waals surface area contributed by atoms with Crippen LogP contribution in [0.15, 0.2) is 29.8 Å². The van der Waals surface area contributed by atoms with Crippen molar-refractivity contribution in [2.24, 2.45) is 0 Å². The molecule has 1 fully saturated rings. The number of carbonyl (C=O) groups excluding carboxylic acids is 1. The smallest absolute Gasteiger partial charge is 0.315 e. The number of aromatic amines is 1. The van der Waals surface area contributed by atoms with Crippen LogP contribution in [0, 0.1) is 0 Å². The standard InChI is InChI=1S/C16H24N6OS/c1-21-6-8-22(9-7-21)14(15-3-2-10-24-15)12-18-16(23)17-11-13-4-5-19-20-13/h2-5,10,14H,6-9,11-12H2,1H3,(H,19,20)(H2,17,18,23)/t14-/m0/s1. The molecule has 0 aliphatic carbocycles. The molecular weight excluding hydrogens is 324 g/mol. The van der Waals surface area contributed by atoms with Crippen LogP contribution in [-0.2, 0) is 6.54 Å². The third-order valence-electron chi connectivity index (χ3n) is 4.30. The number of aromatic nitrogens is 2. The molecule has 3 rings (SSSR count). The number of hydrogen-bond donors (Lipinski definition) is 3. The van der Waals surface area contributed by atoms with Gasteiger partial charge in [-0.15, -0.1) is 11.3 Å². The zero-order valence-corrected chi connectivity index (χ0v) is 14.7. The van der Waals surface area contributed by atoms with E-state index in [1.54, 1.807) is 17.5 Å². The van der Waals surface area contributed by atoms with Crippen molar-refractivity contribution >= 4 is 17.4 Å². The quantitative estimate of drug-likeness (QED) is 0.735. The maximum Gasteiger partial charge on any atom is 0.315 e. The minimum absolute atomic E-state index is 0.153. The molecule has 130 valence electrons. The predicted octanol–water partition coefficient (Wildman–Crippen LogP) is 1.26. The summed E-state index contributed by atoms with van der Waals surface area (Å²) >= 11 is 1.75. The van der Waals surface area contributed by atoms with Crippen molar-refractivity contribution in [1.29, 1.82) is 0 Å². The molecule has 8 heteroatoms. The van der Waals surface area contributed by atoms with Gasteiger partial charge in [0, 0.05) is 43.8 Å². The Morgan fingerprint density at radius 1 is 1.33 bits per heavy atom. The van der Waals surface area contributed by atoms with Gasteiger partial charge < -0.3 is 15.5 Å². The third-order valence-corrected chi connectivity index (χ3v) is 5.28. The van der Waals surface area contributed by atoms with Crippen molar-refractivity contribution in [3.8, 4) is 0 Å². The van der Waals surface area contributed by atoms with E-state index in [0.29, 0.717) is 13.1 Å². The zero-order valence-electron chi connectivity index (χ0n) is 13.9. The van der Waals surface area contributed by atoms with E-state index < -0.39 is 0 Å². The van der Waals surface area contributed by atoms with Crippen LogP contribution < -0.4 is 10.6 Å². The van der Waals surface area contributed by atoms with Crippen LogP contribution in [0.4, 0.5) is 4.79 Å². The van der Waals surface area contributed by atoms with Crippen molar-refractivity contribution in [3.05, 3.63) is 40.3 Å². The van der Waals surface area contributed by atoms with Gasteiger partial charge >= 0.3 is 6.03 Å². The van der Waals surface area contributed by atoms with E-state index in [-0.39, 0.29) is 12.1 Å². The van der Waals surface area contributed by atoms with Crippen LogP contribution in [0.25, 0.3) is 0 Å². The van der Waals surface area contributed by atoms with Gasteiger partial charge in [0.2, 0.25) is 0 Å². The Balaban J connectivity index is 1.53. The van der Waals surface area contributed by atoms with Crippen molar-refractivity contribution in [3.63, 3.8) is 0 Å². The molecule has 0 aromatic carbocycles. The number of carbonyl (C=O) groups is 1. The highest BCUT2D eigenvalue weighted by Crippen LogP contribution is 2.25. The van der Waals surface area contributed by atoms with Gasteiger partial charge in [-0.2, -0.15) is 5.10 Å². The van der Waals surface area contributed by atoms with Crippen LogP contribution in [-0.4, -0.2) is 65.8 Å².